The van der Waals surface area contributed by atoms with E-state index in [0.717, 1.165) is 38.5 Å². The van der Waals surface area contributed by atoms with Gasteiger partial charge in [-0.3, -0.25) is 9.58 Å². The Morgan fingerprint density at radius 3 is 2.06 bits per heavy atom. The summed E-state index contributed by atoms with van der Waals surface area (Å²) >= 11 is 0. The van der Waals surface area contributed by atoms with E-state index in [1.54, 1.807) is 12.7 Å². The van der Waals surface area contributed by atoms with Gasteiger partial charge in [-0.15, -0.1) is 0 Å². The summed E-state index contributed by atoms with van der Waals surface area (Å²) < 4.78 is 69.4. The van der Waals surface area contributed by atoms with E-state index < -0.39 is 24.3 Å². The number of carboxylic acid groups (broad SMARTS) is 2. The molecule has 0 amide bonds. The predicted molar refractivity (Wildman–Crippen MR) is 106 cm³/mol. The lowest BCUT2D eigenvalue weighted by molar-refractivity contribution is -0.193. The van der Waals surface area contributed by atoms with Crippen molar-refractivity contribution in [3.63, 3.8) is 0 Å². The molecule has 3 aromatic rings. The van der Waals surface area contributed by atoms with Gasteiger partial charge >= 0.3 is 24.3 Å². The van der Waals surface area contributed by atoms with Crippen LogP contribution in [0.2, 0.25) is 0 Å². The molecule has 0 aromatic carbocycles. The molecule has 0 saturated carbocycles. The molecule has 1 aliphatic heterocycles. The highest BCUT2D eigenvalue weighted by Gasteiger charge is 2.38. The van der Waals surface area contributed by atoms with Crippen LogP contribution in [0.15, 0.2) is 31.2 Å². The number of carboxylic acids is 2. The Balaban J connectivity index is 0.000000271. The number of imidazole rings is 1. The number of rotatable bonds is 4. The zero-order valence-corrected chi connectivity index (χ0v) is 18.5. The van der Waals surface area contributed by atoms with E-state index in [1.165, 1.54) is 11.3 Å². The van der Waals surface area contributed by atoms with Gasteiger partial charge in [0.2, 0.25) is 0 Å². The SMILES string of the molecule is Cn1cc(CN2CCn3c(Cn4cncn4)cnc3C2)cn1.O=C(O)C(F)(F)F.O=C(O)C(F)(F)F. The monoisotopic (exact) mass is 526 g/mol. The maximum atomic E-state index is 10.6. The lowest BCUT2D eigenvalue weighted by Crippen LogP contribution is -2.34. The summed E-state index contributed by atoms with van der Waals surface area (Å²) in [5, 5.41) is 22.6. The molecule has 4 heterocycles. The van der Waals surface area contributed by atoms with Crippen LogP contribution in [0.25, 0.3) is 0 Å². The maximum Gasteiger partial charge on any atom is 0.490 e. The summed E-state index contributed by atoms with van der Waals surface area (Å²) in [7, 11) is 1.95. The van der Waals surface area contributed by atoms with Crippen LogP contribution < -0.4 is 0 Å². The zero-order chi connectivity index (χ0) is 27.1. The van der Waals surface area contributed by atoms with Crippen molar-refractivity contribution >= 4 is 11.9 Å². The fourth-order valence-corrected chi connectivity index (χ4v) is 2.93. The van der Waals surface area contributed by atoms with E-state index in [-0.39, 0.29) is 0 Å². The van der Waals surface area contributed by atoms with Crippen molar-refractivity contribution in [2.75, 3.05) is 6.54 Å². The van der Waals surface area contributed by atoms with Crippen LogP contribution in [-0.4, -0.2) is 80.0 Å². The number of hydrogen-bond donors (Lipinski definition) is 2. The summed E-state index contributed by atoms with van der Waals surface area (Å²) in [5.41, 5.74) is 2.42. The molecule has 18 heteroatoms. The molecule has 0 aliphatic carbocycles. The molecule has 3 aromatic heterocycles. The molecule has 0 radical (unpaired) electrons. The van der Waals surface area contributed by atoms with Crippen molar-refractivity contribution in [3.05, 3.63) is 48.3 Å². The minimum Gasteiger partial charge on any atom is -0.475 e. The minimum absolute atomic E-state index is 0.718. The van der Waals surface area contributed by atoms with Crippen LogP contribution in [0.5, 0.6) is 0 Å². The van der Waals surface area contributed by atoms with Gasteiger partial charge in [-0.05, 0) is 0 Å². The van der Waals surface area contributed by atoms with E-state index in [9.17, 15) is 26.3 Å². The lowest BCUT2D eigenvalue weighted by Gasteiger charge is -2.28. The molecule has 198 valence electrons. The Bertz CT molecular complexity index is 1120. The first-order valence-corrected chi connectivity index (χ1v) is 9.82. The number of nitrogens with zero attached hydrogens (tertiary/aromatic N) is 8. The number of aryl methyl sites for hydroxylation is 1. The van der Waals surface area contributed by atoms with E-state index >= 15 is 0 Å². The maximum absolute atomic E-state index is 10.6. The van der Waals surface area contributed by atoms with E-state index in [0.29, 0.717) is 0 Å². The molecular weight excluding hydrogens is 506 g/mol. The minimum atomic E-state index is -5.08. The van der Waals surface area contributed by atoms with Crippen LogP contribution in [0, 0.1) is 0 Å². The van der Waals surface area contributed by atoms with Crippen LogP contribution in [0.4, 0.5) is 26.3 Å². The molecule has 4 rings (SSSR count). The zero-order valence-electron chi connectivity index (χ0n) is 18.5. The molecule has 0 unspecified atom stereocenters. The second-order valence-electron chi connectivity index (χ2n) is 7.25. The first-order valence-electron chi connectivity index (χ1n) is 9.82. The normalized spacial score (nSPS) is 13.6. The Kier molecular flexibility index (Phi) is 9.15. The van der Waals surface area contributed by atoms with Gasteiger partial charge in [0.15, 0.2) is 0 Å². The van der Waals surface area contributed by atoms with E-state index in [4.69, 9.17) is 19.8 Å². The second kappa shape index (κ2) is 11.6. The van der Waals surface area contributed by atoms with Gasteiger partial charge in [-0.25, -0.2) is 24.2 Å². The Morgan fingerprint density at radius 1 is 0.972 bits per heavy atom. The molecule has 0 spiro atoms. The highest BCUT2D eigenvalue weighted by Crippen LogP contribution is 2.17. The third-order valence-electron chi connectivity index (χ3n) is 4.47. The van der Waals surface area contributed by atoms with Crippen molar-refractivity contribution in [1.82, 2.24) is 39.0 Å². The second-order valence-corrected chi connectivity index (χ2v) is 7.25. The molecule has 1 aliphatic rings. The summed E-state index contributed by atoms with van der Waals surface area (Å²) in [4.78, 5) is 28.7. The summed E-state index contributed by atoms with van der Waals surface area (Å²) in [6, 6.07) is 0. The molecule has 2 N–H and O–H groups in total. The fraction of sp³-hybridized carbons (Fsp3) is 0.444. The largest absolute Gasteiger partial charge is 0.490 e. The number of carbonyl (C=O) groups is 2. The van der Waals surface area contributed by atoms with Crippen LogP contribution in [-0.2, 0) is 42.8 Å². The number of fused-ring (bicyclic) bond motifs is 1. The Morgan fingerprint density at radius 2 is 1.58 bits per heavy atom. The van der Waals surface area contributed by atoms with E-state index in [1.807, 2.05) is 28.8 Å². The average Bonchev–Trinajstić information content (AvgIpc) is 3.50. The van der Waals surface area contributed by atoms with Crippen LogP contribution >= 0.6 is 0 Å². The number of aliphatic carboxylic acids is 2. The number of halogens is 6. The standard InChI is InChI=1S/C14H18N8.2C2HF3O2/c1-19-6-12(4-17-19)7-20-2-3-22-13(5-16-14(22)9-20)8-21-11-15-10-18-21;2*3-2(4,5)1(6)7/h4-6,10-11H,2-3,7-9H2,1H3;2*(H,6,7). The van der Waals surface area contributed by atoms with Crippen molar-refractivity contribution in [1.29, 1.82) is 0 Å². The van der Waals surface area contributed by atoms with Gasteiger partial charge in [0.1, 0.15) is 18.5 Å². The van der Waals surface area contributed by atoms with Crippen LogP contribution in [0.1, 0.15) is 17.1 Å². The summed E-state index contributed by atoms with van der Waals surface area (Å²) in [5.74, 6) is -4.40. The van der Waals surface area contributed by atoms with Gasteiger partial charge in [-0.1, -0.05) is 0 Å². The fourth-order valence-electron chi connectivity index (χ4n) is 2.93. The van der Waals surface area contributed by atoms with Crippen molar-refractivity contribution < 1.29 is 46.1 Å². The van der Waals surface area contributed by atoms with Gasteiger partial charge < -0.3 is 14.8 Å². The average molecular weight is 526 g/mol. The molecule has 12 nitrogen and oxygen atoms in total. The Hall–Kier alpha value is -3.96. The number of hydrogen-bond acceptors (Lipinski definition) is 7. The van der Waals surface area contributed by atoms with Crippen LogP contribution in [0.3, 0.4) is 0 Å². The van der Waals surface area contributed by atoms with Gasteiger partial charge in [0.05, 0.1) is 31.2 Å². The van der Waals surface area contributed by atoms with Gasteiger partial charge in [-0.2, -0.15) is 36.5 Å². The third-order valence-corrected chi connectivity index (χ3v) is 4.47. The lowest BCUT2D eigenvalue weighted by atomic mass is 10.3. The first kappa shape index (κ1) is 28.3. The molecule has 0 atom stereocenters. The summed E-state index contributed by atoms with van der Waals surface area (Å²) in [6.07, 6.45) is -0.931. The highest BCUT2D eigenvalue weighted by atomic mass is 19.4. The number of alkyl halides is 6. The number of aromatic nitrogens is 7. The quantitative estimate of drug-likeness (QED) is 0.484. The van der Waals surface area contributed by atoms with Gasteiger partial charge in [0.25, 0.3) is 0 Å². The third kappa shape index (κ3) is 8.67. The van der Waals surface area contributed by atoms with Gasteiger partial charge in [0, 0.05) is 38.4 Å². The van der Waals surface area contributed by atoms with Crippen molar-refractivity contribution in [3.8, 4) is 0 Å². The molecule has 0 fully saturated rings. The topological polar surface area (TPSA) is 144 Å². The summed E-state index contributed by atoms with van der Waals surface area (Å²) in [6.45, 7) is 4.48. The predicted octanol–water partition coefficient (Wildman–Crippen LogP) is 1.54. The highest BCUT2D eigenvalue weighted by molar-refractivity contribution is 5.73. The van der Waals surface area contributed by atoms with Crippen molar-refractivity contribution in [2.24, 2.45) is 7.05 Å². The molecule has 0 bridgehead atoms. The van der Waals surface area contributed by atoms with E-state index in [2.05, 4.69) is 35.8 Å². The molecule has 36 heavy (non-hydrogen) atoms. The Labute approximate surface area is 198 Å². The molecule has 0 saturated heterocycles. The van der Waals surface area contributed by atoms with Crippen molar-refractivity contribution in [2.45, 2.75) is 38.5 Å². The first-order chi connectivity index (χ1) is 16.7. The smallest absolute Gasteiger partial charge is 0.475 e. The molecular formula is C18H20F6N8O4.